The van der Waals surface area contributed by atoms with Gasteiger partial charge in [0.2, 0.25) is 5.91 Å². The summed E-state index contributed by atoms with van der Waals surface area (Å²) in [7, 11) is 0. The van der Waals surface area contributed by atoms with Crippen LogP contribution in [0.5, 0.6) is 5.75 Å². The molecule has 140 valence electrons. The number of rotatable bonds is 6. The maximum atomic E-state index is 12.7. The van der Waals surface area contributed by atoms with Crippen LogP contribution in [0.3, 0.4) is 0 Å². The number of nitrogens with zero attached hydrogens (tertiary/aromatic N) is 2. The molecule has 0 atom stereocenters. The van der Waals surface area contributed by atoms with Crippen molar-refractivity contribution in [2.24, 2.45) is 0 Å². The predicted octanol–water partition coefficient (Wildman–Crippen LogP) is 2.22. The van der Waals surface area contributed by atoms with E-state index in [9.17, 15) is 14.4 Å². The van der Waals surface area contributed by atoms with Crippen LogP contribution in [-0.2, 0) is 17.9 Å². The van der Waals surface area contributed by atoms with Gasteiger partial charge >= 0.3 is 5.69 Å². The Morgan fingerprint density at radius 3 is 2.44 bits per heavy atom. The Morgan fingerprint density at radius 2 is 1.70 bits per heavy atom. The highest BCUT2D eigenvalue weighted by Gasteiger charge is 2.15. The number of carbonyl (C=O) groups excluding carboxylic acids is 1. The van der Waals surface area contributed by atoms with Gasteiger partial charge in [-0.05, 0) is 38.1 Å². The van der Waals surface area contributed by atoms with E-state index in [0.29, 0.717) is 28.9 Å². The van der Waals surface area contributed by atoms with Crippen LogP contribution in [0.4, 0.5) is 5.69 Å². The minimum atomic E-state index is -0.505. The number of amides is 1. The Labute approximate surface area is 155 Å². The zero-order valence-electron chi connectivity index (χ0n) is 15.3. The Hall–Kier alpha value is -3.35. The number of hydrogen-bond donors (Lipinski definition) is 1. The molecule has 1 heterocycles. The second-order valence-corrected chi connectivity index (χ2v) is 5.91. The van der Waals surface area contributed by atoms with Crippen LogP contribution in [0.15, 0.2) is 58.1 Å². The standard InChI is InChI=1S/C20H21N3O4/c1-3-22-19(25)14-9-5-7-11-16(14)23(20(22)26)13-18(24)21-15-10-6-8-12-17(15)27-4-2/h5-12H,3-4,13H2,1-2H3,(H,21,24). The lowest BCUT2D eigenvalue weighted by molar-refractivity contribution is -0.116. The molecule has 0 unspecified atom stereocenters. The third-order valence-corrected chi connectivity index (χ3v) is 4.21. The molecule has 7 heteroatoms. The van der Waals surface area contributed by atoms with E-state index in [1.165, 1.54) is 4.57 Å². The first-order valence-electron chi connectivity index (χ1n) is 8.80. The number of benzene rings is 2. The topological polar surface area (TPSA) is 82.3 Å². The summed E-state index contributed by atoms with van der Waals surface area (Å²) in [5.74, 6) is 0.180. The van der Waals surface area contributed by atoms with E-state index in [-0.39, 0.29) is 24.6 Å². The lowest BCUT2D eigenvalue weighted by Crippen LogP contribution is -2.41. The molecule has 0 aliphatic heterocycles. The van der Waals surface area contributed by atoms with Crippen molar-refractivity contribution in [1.29, 1.82) is 0 Å². The molecule has 0 bridgehead atoms. The van der Waals surface area contributed by atoms with Gasteiger partial charge in [0, 0.05) is 6.54 Å². The smallest absolute Gasteiger partial charge is 0.331 e. The van der Waals surface area contributed by atoms with Crippen LogP contribution in [0.2, 0.25) is 0 Å². The average molecular weight is 367 g/mol. The van der Waals surface area contributed by atoms with Crippen molar-refractivity contribution in [3.63, 3.8) is 0 Å². The summed E-state index contributed by atoms with van der Waals surface area (Å²) < 4.78 is 7.95. The zero-order chi connectivity index (χ0) is 19.4. The summed E-state index contributed by atoms with van der Waals surface area (Å²) in [6.45, 7) is 4.08. The fourth-order valence-electron chi connectivity index (χ4n) is 2.99. The molecule has 3 rings (SSSR count). The SMILES string of the molecule is CCOc1ccccc1NC(=O)Cn1c(=O)n(CC)c(=O)c2ccccc21. The van der Waals surface area contributed by atoms with Crippen molar-refractivity contribution in [1.82, 2.24) is 9.13 Å². The molecule has 7 nitrogen and oxygen atoms in total. The van der Waals surface area contributed by atoms with Crippen LogP contribution in [0.1, 0.15) is 13.8 Å². The van der Waals surface area contributed by atoms with E-state index < -0.39 is 5.69 Å². The molecule has 1 amide bonds. The first-order valence-corrected chi connectivity index (χ1v) is 8.80. The van der Waals surface area contributed by atoms with E-state index in [0.717, 1.165) is 4.57 Å². The Kier molecular flexibility index (Phi) is 5.40. The number of hydrogen-bond acceptors (Lipinski definition) is 4. The summed E-state index contributed by atoms with van der Waals surface area (Å²) in [4.78, 5) is 37.8. The first kappa shape index (κ1) is 18.4. The van der Waals surface area contributed by atoms with Gasteiger partial charge in [0.05, 0.1) is 23.2 Å². The van der Waals surface area contributed by atoms with E-state index in [4.69, 9.17) is 4.74 Å². The van der Waals surface area contributed by atoms with Gasteiger partial charge in [0.1, 0.15) is 12.3 Å². The molecule has 0 spiro atoms. The number of ether oxygens (including phenoxy) is 1. The van der Waals surface area contributed by atoms with Crippen LogP contribution >= 0.6 is 0 Å². The second-order valence-electron chi connectivity index (χ2n) is 5.91. The van der Waals surface area contributed by atoms with Gasteiger partial charge in [-0.2, -0.15) is 0 Å². The summed E-state index contributed by atoms with van der Waals surface area (Å²) in [6, 6.07) is 13.9. The molecule has 3 aromatic rings. The third-order valence-electron chi connectivity index (χ3n) is 4.21. The van der Waals surface area contributed by atoms with Gasteiger partial charge in [-0.15, -0.1) is 0 Å². The molecule has 0 radical (unpaired) electrons. The van der Waals surface area contributed by atoms with Gasteiger partial charge < -0.3 is 10.1 Å². The van der Waals surface area contributed by atoms with Crippen LogP contribution in [0.25, 0.3) is 10.9 Å². The van der Waals surface area contributed by atoms with E-state index in [2.05, 4.69) is 5.32 Å². The molecule has 0 aliphatic carbocycles. The van der Waals surface area contributed by atoms with Gasteiger partial charge in [0.25, 0.3) is 5.56 Å². The molecule has 0 fully saturated rings. The number of nitrogens with one attached hydrogen (secondary N) is 1. The Balaban J connectivity index is 1.99. The first-order chi connectivity index (χ1) is 13.1. The number of para-hydroxylation sites is 3. The molecular formula is C20H21N3O4. The van der Waals surface area contributed by atoms with Crippen LogP contribution < -0.4 is 21.3 Å². The largest absolute Gasteiger partial charge is 0.492 e. The summed E-state index contributed by atoms with van der Waals surface area (Å²) in [5.41, 5.74) is 0.113. The molecule has 1 N–H and O–H groups in total. The summed E-state index contributed by atoms with van der Waals surface area (Å²) >= 11 is 0. The highest BCUT2D eigenvalue weighted by molar-refractivity contribution is 5.93. The third kappa shape index (κ3) is 3.62. The number of carbonyl (C=O) groups is 1. The van der Waals surface area contributed by atoms with E-state index in [1.807, 2.05) is 13.0 Å². The van der Waals surface area contributed by atoms with E-state index >= 15 is 0 Å². The second kappa shape index (κ2) is 7.90. The monoisotopic (exact) mass is 367 g/mol. The maximum absolute atomic E-state index is 12.7. The van der Waals surface area contributed by atoms with Gasteiger partial charge in [-0.3, -0.25) is 18.7 Å². The Bertz CT molecular complexity index is 1100. The summed E-state index contributed by atoms with van der Waals surface area (Å²) in [5, 5.41) is 3.18. The minimum Gasteiger partial charge on any atom is -0.492 e. The summed E-state index contributed by atoms with van der Waals surface area (Å²) in [6.07, 6.45) is 0. The number of fused-ring (bicyclic) bond motifs is 1. The highest BCUT2D eigenvalue weighted by atomic mass is 16.5. The average Bonchev–Trinajstić information content (AvgIpc) is 2.67. The van der Waals surface area contributed by atoms with Crippen molar-refractivity contribution < 1.29 is 9.53 Å². The van der Waals surface area contributed by atoms with E-state index in [1.54, 1.807) is 49.4 Å². The highest BCUT2D eigenvalue weighted by Crippen LogP contribution is 2.23. The molecule has 0 aliphatic rings. The molecule has 2 aromatic carbocycles. The number of aromatic nitrogens is 2. The van der Waals surface area contributed by atoms with Gasteiger partial charge in [0.15, 0.2) is 0 Å². The van der Waals surface area contributed by atoms with Crippen molar-refractivity contribution >= 4 is 22.5 Å². The van der Waals surface area contributed by atoms with Crippen molar-refractivity contribution in [3.05, 3.63) is 69.4 Å². The zero-order valence-corrected chi connectivity index (χ0v) is 15.3. The minimum absolute atomic E-state index is 0.208. The lowest BCUT2D eigenvalue weighted by Gasteiger charge is -2.14. The fourth-order valence-corrected chi connectivity index (χ4v) is 2.99. The number of anilines is 1. The molecule has 0 saturated carbocycles. The fraction of sp³-hybridized carbons (Fsp3) is 0.250. The van der Waals surface area contributed by atoms with Crippen LogP contribution in [0, 0.1) is 0 Å². The van der Waals surface area contributed by atoms with Crippen LogP contribution in [-0.4, -0.2) is 21.6 Å². The normalized spacial score (nSPS) is 10.7. The lowest BCUT2D eigenvalue weighted by atomic mass is 10.2. The van der Waals surface area contributed by atoms with Gasteiger partial charge in [-0.1, -0.05) is 24.3 Å². The van der Waals surface area contributed by atoms with Gasteiger partial charge in [-0.25, -0.2) is 4.79 Å². The van der Waals surface area contributed by atoms with Crippen molar-refractivity contribution in [3.8, 4) is 5.75 Å². The van der Waals surface area contributed by atoms with Crippen molar-refractivity contribution in [2.45, 2.75) is 26.9 Å². The molecule has 1 aromatic heterocycles. The molecule has 0 saturated heterocycles. The molecule has 27 heavy (non-hydrogen) atoms. The Morgan fingerprint density at radius 1 is 1.00 bits per heavy atom. The maximum Gasteiger partial charge on any atom is 0.331 e. The molecular weight excluding hydrogens is 346 g/mol. The van der Waals surface area contributed by atoms with Crippen molar-refractivity contribution in [2.75, 3.05) is 11.9 Å². The predicted molar refractivity (Wildman–Crippen MR) is 104 cm³/mol. The quantitative estimate of drug-likeness (QED) is 0.724.